The van der Waals surface area contributed by atoms with E-state index < -0.39 is 0 Å². The summed E-state index contributed by atoms with van der Waals surface area (Å²) in [4.78, 5) is 4.62. The monoisotopic (exact) mass is 308 g/mol. The number of imidazole rings is 1. The third kappa shape index (κ3) is 1.88. The first kappa shape index (κ1) is 9.83. The second kappa shape index (κ2) is 3.81. The minimum Gasteiger partial charge on any atom is -0.325 e. The fraction of sp³-hybridized carbons (Fsp3) is 0.667. The van der Waals surface area contributed by atoms with Gasteiger partial charge in [-0.05, 0) is 41.2 Å². The first-order chi connectivity index (χ1) is 6.24. The van der Waals surface area contributed by atoms with Gasteiger partial charge in [-0.3, -0.25) is 0 Å². The molecule has 1 aromatic heterocycles. The number of nitrogens with zero attached hydrogens (tertiary/aromatic N) is 2. The molecule has 1 aliphatic rings. The summed E-state index contributed by atoms with van der Waals surface area (Å²) in [5, 5.41) is 1.34. The lowest BCUT2D eigenvalue weighted by Crippen LogP contribution is -1.96. The maximum atomic E-state index is 4.62. The molecule has 72 valence electrons. The van der Waals surface area contributed by atoms with E-state index in [0.717, 1.165) is 11.7 Å². The maximum absolute atomic E-state index is 4.62. The molecule has 0 atom stereocenters. The fourth-order valence-corrected chi connectivity index (χ4v) is 3.27. The molecule has 0 N–H and O–H groups in total. The van der Waals surface area contributed by atoms with E-state index >= 15 is 0 Å². The minimum atomic E-state index is 0.754. The van der Waals surface area contributed by atoms with Crippen molar-refractivity contribution in [2.75, 3.05) is 5.75 Å². The normalized spacial score (nSPS) is 16.5. The summed E-state index contributed by atoms with van der Waals surface area (Å²) in [7, 11) is 2.14. The van der Waals surface area contributed by atoms with Crippen LogP contribution in [0.4, 0.5) is 0 Å². The van der Waals surface area contributed by atoms with E-state index in [1.54, 1.807) is 0 Å². The zero-order chi connectivity index (χ0) is 9.42. The molecule has 1 heterocycles. The summed E-state index contributed by atoms with van der Waals surface area (Å²) in [5.41, 5.74) is 0. The lowest BCUT2D eigenvalue weighted by molar-refractivity contribution is 0.744. The van der Waals surface area contributed by atoms with Gasteiger partial charge < -0.3 is 4.57 Å². The number of hydrogen-bond donors (Lipinski definition) is 0. The zero-order valence-corrected chi connectivity index (χ0v) is 10.9. The average molecular weight is 308 g/mol. The smallest absolute Gasteiger partial charge is 0.133 e. The predicted molar refractivity (Wildman–Crippen MR) is 64.3 cm³/mol. The van der Waals surface area contributed by atoms with Crippen LogP contribution in [-0.4, -0.2) is 15.3 Å². The van der Waals surface area contributed by atoms with E-state index in [2.05, 4.69) is 46.1 Å². The molecule has 2 nitrogen and oxygen atoms in total. The van der Waals surface area contributed by atoms with Gasteiger partial charge in [0.2, 0.25) is 0 Å². The summed E-state index contributed by atoms with van der Waals surface area (Å²) in [6.45, 7) is 2.19. The van der Waals surface area contributed by atoms with Gasteiger partial charge in [0.15, 0.2) is 0 Å². The Bertz CT molecular complexity index is 318. The van der Waals surface area contributed by atoms with Gasteiger partial charge in [0.05, 0.1) is 0 Å². The largest absolute Gasteiger partial charge is 0.325 e. The van der Waals surface area contributed by atoms with Crippen LogP contribution >= 0.6 is 34.4 Å². The van der Waals surface area contributed by atoms with Crippen LogP contribution in [0.1, 0.15) is 31.5 Å². The van der Waals surface area contributed by atoms with Crippen molar-refractivity contribution in [3.63, 3.8) is 0 Å². The number of rotatable bonds is 3. The summed E-state index contributed by atoms with van der Waals surface area (Å²) in [5.74, 6) is 3.17. The van der Waals surface area contributed by atoms with Crippen molar-refractivity contribution in [3.05, 3.63) is 9.53 Å². The molecule has 2 rings (SSSR count). The molecule has 1 saturated carbocycles. The molecule has 0 unspecified atom stereocenters. The van der Waals surface area contributed by atoms with E-state index in [-0.39, 0.29) is 0 Å². The van der Waals surface area contributed by atoms with Crippen LogP contribution in [0.2, 0.25) is 0 Å². The van der Waals surface area contributed by atoms with Crippen LogP contribution in [0.15, 0.2) is 5.03 Å². The first-order valence-corrected chi connectivity index (χ1v) is 6.65. The third-order valence-electron chi connectivity index (χ3n) is 2.26. The maximum Gasteiger partial charge on any atom is 0.133 e. The molecule has 13 heavy (non-hydrogen) atoms. The van der Waals surface area contributed by atoms with Crippen LogP contribution in [0.25, 0.3) is 0 Å². The van der Waals surface area contributed by atoms with Crippen molar-refractivity contribution in [1.82, 2.24) is 9.55 Å². The first-order valence-electron chi connectivity index (χ1n) is 4.59. The van der Waals surface area contributed by atoms with Crippen LogP contribution in [0.5, 0.6) is 0 Å². The molecule has 1 fully saturated rings. The van der Waals surface area contributed by atoms with Crippen LogP contribution in [0, 0.1) is 3.70 Å². The highest BCUT2D eigenvalue weighted by molar-refractivity contribution is 14.1. The molecule has 1 aromatic rings. The highest BCUT2D eigenvalue weighted by atomic mass is 127. The molecule has 0 bridgehead atoms. The van der Waals surface area contributed by atoms with Gasteiger partial charge >= 0.3 is 0 Å². The van der Waals surface area contributed by atoms with Crippen molar-refractivity contribution in [2.45, 2.75) is 30.7 Å². The number of aromatic nitrogens is 2. The number of thioether (sulfide) groups is 1. The molecule has 0 spiro atoms. The minimum absolute atomic E-state index is 0.754. The van der Waals surface area contributed by atoms with Crippen molar-refractivity contribution in [2.24, 2.45) is 7.05 Å². The summed E-state index contributed by atoms with van der Waals surface area (Å²) >= 11 is 4.23. The third-order valence-corrected chi connectivity index (χ3v) is 4.41. The topological polar surface area (TPSA) is 17.8 Å². The number of halogens is 1. The van der Waals surface area contributed by atoms with Crippen molar-refractivity contribution >= 4 is 34.4 Å². The average Bonchev–Trinajstić information content (AvgIpc) is 2.88. The van der Waals surface area contributed by atoms with Crippen LogP contribution in [0.3, 0.4) is 0 Å². The molecular formula is C9H13IN2S. The SMILES string of the molecule is CCSc1c(I)nc(C2CC2)n1C. The quantitative estimate of drug-likeness (QED) is 0.631. The highest BCUT2D eigenvalue weighted by Crippen LogP contribution is 2.41. The van der Waals surface area contributed by atoms with Gasteiger partial charge in [0.25, 0.3) is 0 Å². The molecule has 4 heteroatoms. The Labute approximate surface area is 96.6 Å². The molecule has 0 aliphatic heterocycles. The van der Waals surface area contributed by atoms with Gasteiger partial charge in [-0.15, -0.1) is 11.8 Å². The van der Waals surface area contributed by atoms with E-state index in [0.29, 0.717) is 0 Å². The Morgan fingerprint density at radius 1 is 1.62 bits per heavy atom. The van der Waals surface area contributed by atoms with E-state index in [1.165, 1.54) is 27.4 Å². The van der Waals surface area contributed by atoms with E-state index in [1.807, 2.05) is 11.8 Å². The zero-order valence-electron chi connectivity index (χ0n) is 7.88. The highest BCUT2D eigenvalue weighted by Gasteiger charge is 2.29. The summed E-state index contributed by atoms with van der Waals surface area (Å²) in [6.07, 6.45) is 2.66. The molecule has 0 amide bonds. The number of hydrogen-bond acceptors (Lipinski definition) is 2. The van der Waals surface area contributed by atoms with E-state index in [4.69, 9.17) is 0 Å². The van der Waals surface area contributed by atoms with Gasteiger partial charge in [-0.25, -0.2) is 4.98 Å². The molecular weight excluding hydrogens is 295 g/mol. The lowest BCUT2D eigenvalue weighted by atomic mass is 10.4. The second-order valence-corrected chi connectivity index (χ2v) is 5.61. The molecule has 1 aliphatic carbocycles. The van der Waals surface area contributed by atoms with Gasteiger partial charge in [0, 0.05) is 13.0 Å². The van der Waals surface area contributed by atoms with Crippen molar-refractivity contribution < 1.29 is 0 Å². The fourth-order valence-electron chi connectivity index (χ4n) is 1.47. The molecule has 0 saturated heterocycles. The van der Waals surface area contributed by atoms with Gasteiger partial charge in [-0.1, -0.05) is 6.92 Å². The van der Waals surface area contributed by atoms with Gasteiger partial charge in [0.1, 0.15) is 14.6 Å². The van der Waals surface area contributed by atoms with Crippen LogP contribution < -0.4 is 0 Å². The van der Waals surface area contributed by atoms with Crippen molar-refractivity contribution in [1.29, 1.82) is 0 Å². The standard InChI is InChI=1S/C9H13IN2S/c1-3-13-9-7(10)11-8(12(9)2)6-4-5-6/h6H,3-5H2,1-2H3. The Kier molecular flexibility index (Phi) is 2.88. The van der Waals surface area contributed by atoms with Crippen molar-refractivity contribution in [3.8, 4) is 0 Å². The van der Waals surface area contributed by atoms with Crippen LogP contribution in [-0.2, 0) is 7.05 Å². The summed E-state index contributed by atoms with van der Waals surface area (Å²) < 4.78 is 3.45. The molecule has 0 aromatic carbocycles. The Hall–Kier alpha value is 0.290. The Morgan fingerprint density at radius 3 is 2.85 bits per heavy atom. The predicted octanol–water partition coefficient (Wildman–Crippen LogP) is 3.01. The Balaban J connectivity index is 2.32. The summed E-state index contributed by atoms with van der Waals surface area (Å²) in [6, 6.07) is 0. The lowest BCUT2D eigenvalue weighted by Gasteiger charge is -2.02. The second-order valence-electron chi connectivity index (χ2n) is 3.33. The van der Waals surface area contributed by atoms with E-state index in [9.17, 15) is 0 Å². The van der Waals surface area contributed by atoms with Gasteiger partial charge in [-0.2, -0.15) is 0 Å². The molecule has 0 radical (unpaired) electrons. The Morgan fingerprint density at radius 2 is 2.31 bits per heavy atom.